The highest BCUT2D eigenvalue weighted by atomic mass is 16.6. The van der Waals surface area contributed by atoms with Gasteiger partial charge < -0.3 is 14.2 Å². The molecule has 0 heterocycles. The van der Waals surface area contributed by atoms with Gasteiger partial charge in [-0.15, -0.1) is 0 Å². The predicted octanol–water partition coefficient (Wildman–Crippen LogP) is 16.0. The zero-order valence-corrected chi connectivity index (χ0v) is 38.3. The van der Waals surface area contributed by atoms with Gasteiger partial charge in [-0.05, 0) is 72.5 Å². The summed E-state index contributed by atoms with van der Waals surface area (Å²) < 4.78 is 17.1. The van der Waals surface area contributed by atoms with Crippen molar-refractivity contribution in [1.82, 2.24) is 0 Å². The number of allylic oxidation sites excluding steroid dienone is 1. The van der Waals surface area contributed by atoms with Gasteiger partial charge in [-0.3, -0.25) is 14.9 Å². The Morgan fingerprint density at radius 2 is 0.871 bits per heavy atom. The van der Waals surface area contributed by atoms with E-state index in [4.69, 9.17) is 14.2 Å². The molecule has 0 saturated heterocycles. The monoisotopic (exact) mass is 852 g/mol. The molecule has 0 aliphatic rings. The molecule has 0 N–H and O–H groups in total. The maximum atomic E-state index is 13.0. The molecule has 0 aromatic heterocycles. The highest BCUT2D eigenvalue weighted by Gasteiger charge is 2.20. The maximum absolute atomic E-state index is 13.0. The van der Waals surface area contributed by atoms with Gasteiger partial charge in [0.25, 0.3) is 0 Å². The van der Waals surface area contributed by atoms with Crippen LogP contribution in [0.15, 0.2) is 78.9 Å². The molecule has 8 heteroatoms. The number of rotatable bonds is 37. The fourth-order valence-electron chi connectivity index (χ4n) is 7.44. The van der Waals surface area contributed by atoms with E-state index in [0.29, 0.717) is 13.2 Å². The van der Waals surface area contributed by atoms with E-state index in [-0.39, 0.29) is 11.3 Å². The van der Waals surface area contributed by atoms with Gasteiger partial charge >= 0.3 is 11.7 Å². The Balaban J connectivity index is 1.30. The minimum Gasteiger partial charge on any atom is -0.494 e. The average Bonchev–Trinajstić information content (AvgIpc) is 3.28. The normalized spacial score (nSPS) is 11.4. The lowest BCUT2D eigenvalue weighted by atomic mass is 10.0. The summed E-state index contributed by atoms with van der Waals surface area (Å²) in [6, 6.07) is 18.7. The Bertz CT molecular complexity index is 1710. The van der Waals surface area contributed by atoms with Crippen LogP contribution in [-0.4, -0.2) is 29.9 Å². The van der Waals surface area contributed by atoms with Gasteiger partial charge in [0.05, 0.1) is 18.1 Å². The third-order valence-electron chi connectivity index (χ3n) is 11.3. The Hall–Kier alpha value is -4.72. The Morgan fingerprint density at radius 1 is 0.500 bits per heavy atom. The second kappa shape index (κ2) is 33.8. The number of ether oxygens (including phenoxy) is 3. The highest BCUT2D eigenvalue weighted by Crippen LogP contribution is 2.29. The molecular weight excluding hydrogens is 775 g/mol. The molecule has 0 unspecified atom stereocenters. The first-order valence-electron chi connectivity index (χ1n) is 24.3. The molecule has 0 atom stereocenters. The number of hydrogen-bond acceptors (Lipinski definition) is 7. The van der Waals surface area contributed by atoms with E-state index in [1.54, 1.807) is 12.2 Å². The van der Waals surface area contributed by atoms with E-state index in [2.05, 4.69) is 13.8 Å². The Labute approximate surface area is 374 Å². The van der Waals surface area contributed by atoms with Crippen molar-refractivity contribution in [2.24, 2.45) is 0 Å². The zero-order valence-electron chi connectivity index (χ0n) is 38.3. The maximum Gasteiger partial charge on any atom is 0.336 e. The fourth-order valence-corrected chi connectivity index (χ4v) is 7.44. The van der Waals surface area contributed by atoms with Gasteiger partial charge in [-0.2, -0.15) is 0 Å². The molecule has 3 aromatic carbocycles. The van der Waals surface area contributed by atoms with E-state index in [1.165, 1.54) is 178 Å². The summed E-state index contributed by atoms with van der Waals surface area (Å²) in [5.74, 6) is 0.121. The SMILES string of the molecule is CCCCCCCCCCCCCCCCOc1ccc(/C=C/C(=O)c2ccc(OC(=O)/C=C/c3ccc(OCCCCCCCCCCCCCC)cc3)c([N+](=O)[O-])c2)cc1. The Morgan fingerprint density at radius 3 is 1.26 bits per heavy atom. The van der Waals surface area contributed by atoms with Crippen molar-refractivity contribution in [1.29, 1.82) is 0 Å². The number of carbonyl (C=O) groups excluding carboxylic acids is 2. The van der Waals surface area contributed by atoms with Crippen LogP contribution in [0.4, 0.5) is 5.69 Å². The van der Waals surface area contributed by atoms with Crippen LogP contribution in [0.3, 0.4) is 0 Å². The lowest BCUT2D eigenvalue weighted by Gasteiger charge is -2.07. The van der Waals surface area contributed by atoms with Crippen LogP contribution < -0.4 is 14.2 Å². The van der Waals surface area contributed by atoms with Gasteiger partial charge in [0.15, 0.2) is 5.78 Å². The number of nitro benzene ring substituents is 1. The van der Waals surface area contributed by atoms with Gasteiger partial charge in [0, 0.05) is 17.7 Å². The molecule has 0 radical (unpaired) electrons. The molecule has 340 valence electrons. The molecule has 0 aliphatic carbocycles. The highest BCUT2D eigenvalue weighted by molar-refractivity contribution is 6.07. The zero-order chi connectivity index (χ0) is 44.3. The first-order chi connectivity index (χ1) is 30.4. The van der Waals surface area contributed by atoms with Crippen molar-refractivity contribution < 1.29 is 28.7 Å². The van der Waals surface area contributed by atoms with Gasteiger partial charge in [-0.1, -0.05) is 198 Å². The molecule has 62 heavy (non-hydrogen) atoms. The van der Waals surface area contributed by atoms with Crippen molar-refractivity contribution in [2.45, 2.75) is 181 Å². The minimum absolute atomic E-state index is 0.109. The van der Waals surface area contributed by atoms with E-state index in [9.17, 15) is 19.7 Å². The molecule has 0 spiro atoms. The first kappa shape index (κ1) is 51.6. The lowest BCUT2D eigenvalue weighted by Crippen LogP contribution is -2.07. The number of esters is 1. The topological polar surface area (TPSA) is 105 Å². The van der Waals surface area contributed by atoms with E-state index < -0.39 is 22.4 Å². The number of nitrogens with zero attached hydrogens (tertiary/aromatic N) is 1. The molecular formula is C54H77NO7. The molecule has 0 amide bonds. The third kappa shape index (κ3) is 24.1. The number of hydrogen-bond donors (Lipinski definition) is 0. The summed E-state index contributed by atoms with van der Waals surface area (Å²) >= 11 is 0. The van der Waals surface area contributed by atoms with Gasteiger partial charge in [-0.25, -0.2) is 4.79 Å². The van der Waals surface area contributed by atoms with Gasteiger partial charge in [0.2, 0.25) is 5.75 Å². The van der Waals surface area contributed by atoms with Crippen molar-refractivity contribution in [3.63, 3.8) is 0 Å². The minimum atomic E-state index is -0.772. The number of benzene rings is 3. The summed E-state index contributed by atoms with van der Waals surface area (Å²) in [4.78, 5) is 36.8. The molecule has 3 rings (SSSR count). The molecule has 0 fully saturated rings. The third-order valence-corrected chi connectivity index (χ3v) is 11.3. The fraction of sp³-hybridized carbons (Fsp3) is 0.556. The second-order valence-corrected chi connectivity index (χ2v) is 16.7. The molecule has 8 nitrogen and oxygen atoms in total. The predicted molar refractivity (Wildman–Crippen MR) is 256 cm³/mol. The summed E-state index contributed by atoms with van der Waals surface area (Å²) in [6.45, 7) is 5.87. The summed E-state index contributed by atoms with van der Waals surface area (Å²) in [7, 11) is 0. The first-order valence-corrected chi connectivity index (χ1v) is 24.3. The van der Waals surface area contributed by atoms with Crippen LogP contribution in [0, 0.1) is 10.1 Å². The Kier molecular flexibility index (Phi) is 28.2. The van der Waals surface area contributed by atoms with Crippen LogP contribution in [0.2, 0.25) is 0 Å². The number of carbonyl (C=O) groups is 2. The van der Waals surface area contributed by atoms with Crippen molar-refractivity contribution in [2.75, 3.05) is 13.2 Å². The van der Waals surface area contributed by atoms with Crippen LogP contribution in [0.5, 0.6) is 17.2 Å². The van der Waals surface area contributed by atoms with E-state index in [0.717, 1.165) is 41.5 Å². The smallest absolute Gasteiger partial charge is 0.336 e. The van der Waals surface area contributed by atoms with Crippen LogP contribution in [0.1, 0.15) is 202 Å². The lowest BCUT2D eigenvalue weighted by molar-refractivity contribution is -0.385. The van der Waals surface area contributed by atoms with Crippen molar-refractivity contribution in [3.05, 3.63) is 106 Å². The summed E-state index contributed by atoms with van der Waals surface area (Å²) in [5.41, 5.74) is 1.19. The largest absolute Gasteiger partial charge is 0.494 e. The molecule has 0 bridgehead atoms. The number of ketones is 1. The standard InChI is InChI=1S/C54H77NO7/c1-3-5-7-9-11-13-15-17-18-20-22-24-26-27-43-60-49-36-29-46(30-37-49)33-40-52(56)48-35-41-53(51(45-48)55(58)59)62-54(57)42-34-47-31-38-50(39-32-47)61-44-28-25-23-21-19-16-14-12-10-8-6-4-2/h29-42,45H,3-28,43-44H2,1-2H3/b40-33+,42-34+. The molecule has 0 aliphatic heterocycles. The number of nitro groups is 1. The number of unbranched alkanes of at least 4 members (excludes halogenated alkanes) is 24. The van der Waals surface area contributed by atoms with Crippen LogP contribution >= 0.6 is 0 Å². The van der Waals surface area contributed by atoms with E-state index >= 15 is 0 Å². The average molecular weight is 852 g/mol. The van der Waals surface area contributed by atoms with E-state index in [1.807, 2.05) is 48.5 Å². The van der Waals surface area contributed by atoms with Crippen molar-refractivity contribution >= 4 is 29.6 Å². The summed E-state index contributed by atoms with van der Waals surface area (Å²) in [5, 5.41) is 11.9. The van der Waals surface area contributed by atoms with Crippen LogP contribution in [0.25, 0.3) is 12.2 Å². The second-order valence-electron chi connectivity index (χ2n) is 16.7. The summed E-state index contributed by atoms with van der Waals surface area (Å²) in [6.07, 6.45) is 39.9. The van der Waals surface area contributed by atoms with Crippen molar-refractivity contribution in [3.8, 4) is 17.2 Å². The van der Waals surface area contributed by atoms with Gasteiger partial charge in [0.1, 0.15) is 11.5 Å². The quantitative estimate of drug-likeness (QED) is 0.0108. The van der Waals surface area contributed by atoms with Crippen LogP contribution in [-0.2, 0) is 4.79 Å². The molecule has 0 saturated carbocycles. The molecule has 3 aromatic rings.